The molecule has 1 fully saturated rings. The topological polar surface area (TPSA) is 63.6 Å². The van der Waals surface area contributed by atoms with E-state index in [0.29, 0.717) is 19.4 Å². The van der Waals surface area contributed by atoms with Crippen molar-refractivity contribution in [3.63, 3.8) is 0 Å². The number of unbranched alkanes of at least 4 members (excludes halogenated alkanes) is 9. The van der Waals surface area contributed by atoms with Crippen molar-refractivity contribution in [2.45, 2.75) is 96.8 Å². The van der Waals surface area contributed by atoms with Gasteiger partial charge in [0.25, 0.3) is 0 Å². The molecule has 1 rings (SSSR count). The van der Waals surface area contributed by atoms with Gasteiger partial charge in [-0.25, -0.2) is 0 Å². The molecule has 0 bridgehead atoms. The Morgan fingerprint density at radius 3 is 2.00 bits per heavy atom. The summed E-state index contributed by atoms with van der Waals surface area (Å²) in [7, 11) is 0. The number of aliphatic carboxylic acids is 1. The van der Waals surface area contributed by atoms with Crippen LogP contribution >= 0.6 is 0 Å². The Hall–Kier alpha value is -1.06. The Morgan fingerprint density at radius 1 is 0.875 bits per heavy atom. The fraction of sp³-hybridized carbons (Fsp3) is 0.900. The average molecular weight is 341 g/mol. The third-order valence-electron chi connectivity index (χ3n) is 5.10. The third kappa shape index (κ3) is 9.29. The van der Waals surface area contributed by atoms with Crippen molar-refractivity contribution in [1.29, 1.82) is 0 Å². The number of hydrogen-bond acceptors (Lipinski definition) is 3. The molecular weight excluding hydrogens is 304 g/mol. The third-order valence-corrected chi connectivity index (χ3v) is 5.10. The van der Waals surface area contributed by atoms with E-state index in [0.717, 1.165) is 25.7 Å². The number of hydrogen-bond donors (Lipinski definition) is 1. The lowest BCUT2D eigenvalue weighted by atomic mass is 9.81. The normalized spacial score (nSPS) is 20.7. The molecule has 0 amide bonds. The number of rotatable bonds is 13. The lowest BCUT2D eigenvalue weighted by molar-refractivity contribution is -0.152. The lowest BCUT2D eigenvalue weighted by Gasteiger charge is -2.25. The van der Waals surface area contributed by atoms with Gasteiger partial charge in [-0.05, 0) is 25.7 Å². The summed E-state index contributed by atoms with van der Waals surface area (Å²) >= 11 is 0. The zero-order chi connectivity index (χ0) is 17.6. The highest BCUT2D eigenvalue weighted by Gasteiger charge is 2.31. The van der Waals surface area contributed by atoms with Crippen molar-refractivity contribution in [1.82, 2.24) is 0 Å². The second-order valence-electron chi connectivity index (χ2n) is 7.25. The van der Waals surface area contributed by atoms with Crippen molar-refractivity contribution in [3.05, 3.63) is 0 Å². The first-order valence-electron chi connectivity index (χ1n) is 10.0. The Kier molecular flexibility index (Phi) is 11.6. The zero-order valence-electron chi connectivity index (χ0n) is 15.4. The van der Waals surface area contributed by atoms with Crippen LogP contribution in [0.2, 0.25) is 0 Å². The summed E-state index contributed by atoms with van der Waals surface area (Å²) in [4.78, 5) is 23.0. The van der Waals surface area contributed by atoms with Crippen LogP contribution in [0.5, 0.6) is 0 Å². The summed E-state index contributed by atoms with van der Waals surface area (Å²) < 4.78 is 5.35. The van der Waals surface area contributed by atoms with Gasteiger partial charge in [0, 0.05) is 0 Å². The largest absolute Gasteiger partial charge is 0.481 e. The molecule has 1 aliphatic rings. The number of carboxylic acids is 1. The first-order valence-corrected chi connectivity index (χ1v) is 10.0. The standard InChI is InChI=1S/C20H36O4/c1-2-3-4-5-6-7-8-9-10-11-15-24-20(23)18-14-12-13-17(16-18)19(21)22/h17-18H,2-16H2,1H3,(H,21,22). The molecule has 0 heterocycles. The van der Waals surface area contributed by atoms with Gasteiger partial charge in [-0.2, -0.15) is 0 Å². The van der Waals surface area contributed by atoms with Gasteiger partial charge in [0.15, 0.2) is 0 Å². The molecule has 0 aromatic carbocycles. The van der Waals surface area contributed by atoms with Crippen LogP contribution in [0.1, 0.15) is 96.8 Å². The molecule has 140 valence electrons. The van der Waals surface area contributed by atoms with E-state index < -0.39 is 5.97 Å². The molecule has 0 radical (unpaired) electrons. The van der Waals surface area contributed by atoms with Crippen molar-refractivity contribution in [2.75, 3.05) is 6.61 Å². The summed E-state index contributed by atoms with van der Waals surface area (Å²) in [6.07, 6.45) is 15.3. The van der Waals surface area contributed by atoms with Crippen LogP contribution in [0.25, 0.3) is 0 Å². The summed E-state index contributed by atoms with van der Waals surface area (Å²) in [5, 5.41) is 9.06. The molecular formula is C20H36O4. The van der Waals surface area contributed by atoms with E-state index in [1.54, 1.807) is 0 Å². The second-order valence-corrected chi connectivity index (χ2v) is 7.25. The van der Waals surface area contributed by atoms with E-state index >= 15 is 0 Å². The highest BCUT2D eigenvalue weighted by molar-refractivity contribution is 5.75. The maximum Gasteiger partial charge on any atom is 0.308 e. The number of carbonyl (C=O) groups excluding carboxylic acids is 1. The summed E-state index contributed by atoms with van der Waals surface area (Å²) in [5.74, 6) is -1.53. The SMILES string of the molecule is CCCCCCCCCCCCOC(=O)C1CCCC(C(=O)O)C1. The van der Waals surface area contributed by atoms with E-state index in [4.69, 9.17) is 9.84 Å². The average Bonchev–Trinajstić information content (AvgIpc) is 2.59. The molecule has 24 heavy (non-hydrogen) atoms. The number of ether oxygens (including phenoxy) is 1. The first kappa shape index (κ1) is 21.0. The second kappa shape index (κ2) is 13.3. The Morgan fingerprint density at radius 2 is 1.42 bits per heavy atom. The van der Waals surface area contributed by atoms with Gasteiger partial charge in [0.1, 0.15) is 0 Å². The molecule has 0 aromatic rings. The fourth-order valence-electron chi connectivity index (χ4n) is 3.51. The maximum atomic E-state index is 12.0. The lowest BCUT2D eigenvalue weighted by Crippen LogP contribution is -2.28. The minimum Gasteiger partial charge on any atom is -0.481 e. The van der Waals surface area contributed by atoms with E-state index in [9.17, 15) is 9.59 Å². The van der Waals surface area contributed by atoms with Gasteiger partial charge in [0.2, 0.25) is 0 Å². The van der Waals surface area contributed by atoms with Crippen LogP contribution < -0.4 is 0 Å². The number of carboxylic acid groups (broad SMARTS) is 1. The maximum absolute atomic E-state index is 12.0. The number of esters is 1. The Balaban J connectivity index is 1.95. The molecule has 1 saturated carbocycles. The van der Waals surface area contributed by atoms with E-state index in [1.807, 2.05) is 0 Å². The fourth-order valence-corrected chi connectivity index (χ4v) is 3.51. The van der Waals surface area contributed by atoms with Crippen LogP contribution in [-0.4, -0.2) is 23.7 Å². The molecule has 4 heteroatoms. The summed E-state index contributed by atoms with van der Waals surface area (Å²) in [6.45, 7) is 2.73. The van der Waals surface area contributed by atoms with E-state index in [1.165, 1.54) is 51.4 Å². The molecule has 4 nitrogen and oxygen atoms in total. The van der Waals surface area contributed by atoms with Crippen LogP contribution in [0.4, 0.5) is 0 Å². The van der Waals surface area contributed by atoms with Gasteiger partial charge in [0.05, 0.1) is 18.4 Å². The highest BCUT2D eigenvalue weighted by Crippen LogP contribution is 2.30. The van der Waals surface area contributed by atoms with Crippen molar-refractivity contribution in [2.24, 2.45) is 11.8 Å². The van der Waals surface area contributed by atoms with E-state index in [2.05, 4.69) is 6.92 Å². The highest BCUT2D eigenvalue weighted by atomic mass is 16.5. The quantitative estimate of drug-likeness (QED) is 0.363. The molecule has 0 saturated heterocycles. The Labute approximate surface area is 147 Å². The monoisotopic (exact) mass is 340 g/mol. The summed E-state index contributed by atoms with van der Waals surface area (Å²) in [6, 6.07) is 0. The van der Waals surface area contributed by atoms with Crippen LogP contribution in [0.15, 0.2) is 0 Å². The molecule has 0 aromatic heterocycles. The minimum atomic E-state index is -0.776. The first-order chi connectivity index (χ1) is 11.6. The Bertz CT molecular complexity index is 354. The molecule has 2 unspecified atom stereocenters. The van der Waals surface area contributed by atoms with E-state index in [-0.39, 0.29) is 17.8 Å². The van der Waals surface area contributed by atoms with Gasteiger partial charge >= 0.3 is 11.9 Å². The van der Waals surface area contributed by atoms with Crippen molar-refractivity contribution < 1.29 is 19.4 Å². The predicted molar refractivity (Wildman–Crippen MR) is 95.9 cm³/mol. The van der Waals surface area contributed by atoms with Gasteiger partial charge < -0.3 is 9.84 Å². The molecule has 0 aliphatic heterocycles. The zero-order valence-corrected chi connectivity index (χ0v) is 15.4. The number of carbonyl (C=O) groups is 2. The smallest absolute Gasteiger partial charge is 0.308 e. The van der Waals surface area contributed by atoms with Gasteiger partial charge in [-0.3, -0.25) is 9.59 Å². The minimum absolute atomic E-state index is 0.183. The molecule has 1 N–H and O–H groups in total. The van der Waals surface area contributed by atoms with Gasteiger partial charge in [-0.1, -0.05) is 71.1 Å². The van der Waals surface area contributed by atoms with Crippen LogP contribution in [0.3, 0.4) is 0 Å². The molecule has 0 spiro atoms. The summed E-state index contributed by atoms with van der Waals surface area (Å²) in [5.41, 5.74) is 0. The molecule has 1 aliphatic carbocycles. The van der Waals surface area contributed by atoms with Crippen molar-refractivity contribution in [3.8, 4) is 0 Å². The predicted octanol–water partition coefficient (Wildman–Crippen LogP) is 5.34. The van der Waals surface area contributed by atoms with Crippen LogP contribution in [0, 0.1) is 11.8 Å². The van der Waals surface area contributed by atoms with Crippen molar-refractivity contribution >= 4 is 11.9 Å². The van der Waals surface area contributed by atoms with Gasteiger partial charge in [-0.15, -0.1) is 0 Å². The van der Waals surface area contributed by atoms with Crippen LogP contribution in [-0.2, 0) is 14.3 Å². The molecule has 2 atom stereocenters.